The van der Waals surface area contributed by atoms with E-state index in [0.717, 1.165) is 40.7 Å². The van der Waals surface area contributed by atoms with Crippen molar-refractivity contribution < 1.29 is 9.21 Å². The van der Waals surface area contributed by atoms with E-state index in [-0.39, 0.29) is 6.03 Å². The fraction of sp³-hybridized carbons (Fsp3) is 0.368. The highest BCUT2D eigenvalue weighted by molar-refractivity contribution is 6.00. The molecule has 0 aliphatic heterocycles. The van der Waals surface area contributed by atoms with Crippen LogP contribution in [-0.2, 0) is 19.9 Å². The van der Waals surface area contributed by atoms with Gasteiger partial charge in [-0.15, -0.1) is 0 Å². The lowest BCUT2D eigenvalue weighted by molar-refractivity contribution is 0.223. The molecule has 3 rings (SSSR count). The van der Waals surface area contributed by atoms with Crippen molar-refractivity contribution in [2.45, 2.75) is 26.7 Å². The molecule has 1 N–H and O–H groups in total. The quantitative estimate of drug-likeness (QED) is 0.769. The first-order chi connectivity index (χ1) is 12.0. The summed E-state index contributed by atoms with van der Waals surface area (Å²) in [6.07, 6.45) is 5.38. The van der Waals surface area contributed by atoms with Gasteiger partial charge in [0, 0.05) is 38.6 Å². The van der Waals surface area contributed by atoms with E-state index in [9.17, 15) is 4.79 Å². The van der Waals surface area contributed by atoms with Crippen molar-refractivity contribution in [3.05, 3.63) is 47.5 Å². The first-order valence-corrected chi connectivity index (χ1v) is 8.50. The van der Waals surface area contributed by atoms with Crippen LogP contribution in [-0.4, -0.2) is 34.3 Å². The van der Waals surface area contributed by atoms with Crippen LogP contribution in [0.1, 0.15) is 23.8 Å². The molecule has 6 heteroatoms. The molecule has 0 aliphatic rings. The smallest absolute Gasteiger partial charge is 0.321 e. The van der Waals surface area contributed by atoms with Gasteiger partial charge in [-0.25, -0.2) is 4.79 Å². The Morgan fingerprint density at radius 1 is 1.40 bits per heavy atom. The van der Waals surface area contributed by atoms with Crippen LogP contribution >= 0.6 is 0 Å². The zero-order chi connectivity index (χ0) is 18.0. The first kappa shape index (κ1) is 17.1. The molecule has 2 heterocycles. The molecular weight excluding hydrogens is 316 g/mol. The van der Waals surface area contributed by atoms with Crippen LogP contribution in [0, 0.1) is 6.92 Å². The van der Waals surface area contributed by atoms with Gasteiger partial charge in [0.05, 0.1) is 11.9 Å². The third-order valence-corrected chi connectivity index (χ3v) is 4.47. The van der Waals surface area contributed by atoms with E-state index in [0.29, 0.717) is 12.2 Å². The number of amides is 2. The summed E-state index contributed by atoms with van der Waals surface area (Å²) < 4.78 is 7.71. The van der Waals surface area contributed by atoms with Crippen molar-refractivity contribution in [1.82, 2.24) is 14.7 Å². The number of fused-ring (bicyclic) bond motifs is 1. The Morgan fingerprint density at radius 3 is 2.88 bits per heavy atom. The average Bonchev–Trinajstić information content (AvgIpc) is 3.16. The second-order valence-corrected chi connectivity index (χ2v) is 6.31. The molecule has 0 saturated carbocycles. The number of hydrogen-bond acceptors (Lipinski definition) is 3. The molecule has 2 amide bonds. The zero-order valence-electron chi connectivity index (χ0n) is 15.2. The number of furan rings is 1. The number of aryl methyl sites for hydroxylation is 3. The van der Waals surface area contributed by atoms with E-state index in [2.05, 4.69) is 24.3 Å². The van der Waals surface area contributed by atoms with Crippen LogP contribution in [0.2, 0.25) is 0 Å². The lowest BCUT2D eigenvalue weighted by Crippen LogP contribution is -2.33. The largest absolute Gasteiger partial charge is 0.459 e. The standard InChI is InChI=1S/C19H24N4O2/c1-5-17-13(2)15-7-6-8-16(18(15)25-17)21-19(24)22(3)10-9-14-11-20-23(4)12-14/h6-8,11-12H,5,9-10H2,1-4H3,(H,21,24). The van der Waals surface area contributed by atoms with Gasteiger partial charge in [0.15, 0.2) is 5.58 Å². The Labute approximate surface area is 147 Å². The lowest BCUT2D eigenvalue weighted by atomic mass is 10.1. The summed E-state index contributed by atoms with van der Waals surface area (Å²) in [5.74, 6) is 0.960. The second-order valence-electron chi connectivity index (χ2n) is 6.31. The molecule has 1 aromatic carbocycles. The molecule has 0 fully saturated rings. The zero-order valence-corrected chi connectivity index (χ0v) is 15.2. The predicted molar refractivity (Wildman–Crippen MR) is 98.9 cm³/mol. The van der Waals surface area contributed by atoms with Gasteiger partial charge in [0.2, 0.25) is 0 Å². The maximum Gasteiger partial charge on any atom is 0.321 e. The van der Waals surface area contributed by atoms with E-state index >= 15 is 0 Å². The van der Waals surface area contributed by atoms with Gasteiger partial charge in [-0.05, 0) is 30.5 Å². The van der Waals surface area contributed by atoms with Crippen molar-refractivity contribution in [3.63, 3.8) is 0 Å². The van der Waals surface area contributed by atoms with Gasteiger partial charge < -0.3 is 14.6 Å². The Kier molecular flexibility index (Phi) is 4.79. The van der Waals surface area contributed by atoms with E-state index in [1.807, 2.05) is 37.6 Å². The Hall–Kier alpha value is -2.76. The summed E-state index contributed by atoms with van der Waals surface area (Å²) in [6, 6.07) is 5.69. The molecule has 0 radical (unpaired) electrons. The number of hydrogen-bond donors (Lipinski definition) is 1. The van der Waals surface area contributed by atoms with Gasteiger partial charge in [-0.1, -0.05) is 19.1 Å². The Bertz CT molecular complexity index is 894. The lowest BCUT2D eigenvalue weighted by Gasteiger charge is -2.17. The molecule has 6 nitrogen and oxygen atoms in total. The minimum absolute atomic E-state index is 0.150. The van der Waals surface area contributed by atoms with Crippen LogP contribution < -0.4 is 5.32 Å². The molecule has 3 aromatic rings. The van der Waals surface area contributed by atoms with Gasteiger partial charge in [-0.2, -0.15) is 5.10 Å². The monoisotopic (exact) mass is 340 g/mol. The number of nitrogens with one attached hydrogen (secondary N) is 1. The number of nitrogens with zero attached hydrogens (tertiary/aromatic N) is 3. The summed E-state index contributed by atoms with van der Waals surface area (Å²) in [7, 11) is 3.67. The van der Waals surface area contributed by atoms with E-state index in [1.54, 1.807) is 16.6 Å². The van der Waals surface area contributed by atoms with E-state index in [1.165, 1.54) is 0 Å². The van der Waals surface area contributed by atoms with Crippen molar-refractivity contribution in [2.75, 3.05) is 18.9 Å². The van der Waals surface area contributed by atoms with Crippen LogP contribution in [0.25, 0.3) is 11.0 Å². The molecule has 0 bridgehead atoms. The highest BCUT2D eigenvalue weighted by Gasteiger charge is 2.15. The van der Waals surface area contributed by atoms with Crippen molar-refractivity contribution in [3.8, 4) is 0 Å². The molecule has 0 atom stereocenters. The maximum absolute atomic E-state index is 12.5. The fourth-order valence-corrected chi connectivity index (χ4v) is 2.94. The van der Waals surface area contributed by atoms with Crippen molar-refractivity contribution in [2.24, 2.45) is 7.05 Å². The van der Waals surface area contributed by atoms with Crippen LogP contribution in [0.3, 0.4) is 0 Å². The van der Waals surface area contributed by atoms with E-state index in [4.69, 9.17) is 4.42 Å². The Morgan fingerprint density at radius 2 is 2.20 bits per heavy atom. The molecule has 0 aliphatic carbocycles. The highest BCUT2D eigenvalue weighted by atomic mass is 16.3. The number of aromatic nitrogens is 2. The summed E-state index contributed by atoms with van der Waals surface area (Å²) in [6.45, 7) is 4.73. The average molecular weight is 340 g/mol. The normalized spacial score (nSPS) is 11.0. The predicted octanol–water partition coefficient (Wildman–Crippen LogP) is 3.74. The third-order valence-electron chi connectivity index (χ3n) is 4.47. The SMILES string of the molecule is CCc1oc2c(NC(=O)N(C)CCc3cnn(C)c3)cccc2c1C. The maximum atomic E-state index is 12.5. The number of benzene rings is 1. The van der Waals surface area contributed by atoms with Crippen LogP contribution in [0.15, 0.2) is 35.0 Å². The minimum atomic E-state index is -0.150. The topological polar surface area (TPSA) is 63.3 Å². The number of urea groups is 1. The second kappa shape index (κ2) is 7.01. The number of rotatable bonds is 5. The van der Waals surface area contributed by atoms with Crippen LogP contribution in [0.5, 0.6) is 0 Å². The number of para-hydroxylation sites is 1. The minimum Gasteiger partial charge on any atom is -0.459 e. The van der Waals surface area contributed by atoms with Gasteiger partial charge in [-0.3, -0.25) is 4.68 Å². The summed E-state index contributed by atoms with van der Waals surface area (Å²) in [5.41, 5.74) is 3.70. The van der Waals surface area contributed by atoms with Crippen molar-refractivity contribution >= 4 is 22.7 Å². The molecule has 0 unspecified atom stereocenters. The molecule has 0 spiro atoms. The molecule has 2 aromatic heterocycles. The molecule has 132 valence electrons. The first-order valence-electron chi connectivity index (χ1n) is 8.50. The summed E-state index contributed by atoms with van der Waals surface area (Å²) >= 11 is 0. The van der Waals surface area contributed by atoms with Gasteiger partial charge >= 0.3 is 6.03 Å². The highest BCUT2D eigenvalue weighted by Crippen LogP contribution is 2.31. The molecular formula is C19H24N4O2. The molecule has 0 saturated heterocycles. The van der Waals surface area contributed by atoms with Crippen molar-refractivity contribution in [1.29, 1.82) is 0 Å². The van der Waals surface area contributed by atoms with E-state index < -0.39 is 0 Å². The number of carbonyl (C=O) groups is 1. The van der Waals surface area contributed by atoms with Gasteiger partial charge in [0.25, 0.3) is 0 Å². The number of anilines is 1. The molecule has 25 heavy (non-hydrogen) atoms. The summed E-state index contributed by atoms with van der Waals surface area (Å²) in [5, 5.41) is 8.16. The fourth-order valence-electron chi connectivity index (χ4n) is 2.94. The third kappa shape index (κ3) is 3.52. The summed E-state index contributed by atoms with van der Waals surface area (Å²) in [4.78, 5) is 14.2. The number of carbonyl (C=O) groups excluding carboxylic acids is 1. The Balaban J connectivity index is 1.70. The van der Waals surface area contributed by atoms with Gasteiger partial charge in [0.1, 0.15) is 5.76 Å². The number of likely N-dealkylation sites (N-methyl/N-ethyl adjacent to an activating group) is 1. The van der Waals surface area contributed by atoms with Crippen LogP contribution in [0.4, 0.5) is 10.5 Å².